The van der Waals surface area contributed by atoms with E-state index in [1.54, 1.807) is 34.3 Å². The Labute approximate surface area is 180 Å². The second-order valence-electron chi connectivity index (χ2n) is 6.38. The standard InChI is InChI=1S/C22H16N2O4S2/c25-19-7-6-18(15-4-2-1-3-5-15)23-24(19)12-20(26)28-22(17-9-11-30-14-17)21(27)16-8-10-29-13-16/h1-11,13-14,22H,12H2. The molecule has 0 fully saturated rings. The average Bonchev–Trinajstić information content (AvgIpc) is 3.48. The van der Waals surface area contributed by atoms with E-state index in [2.05, 4.69) is 5.10 Å². The number of hydrogen-bond donors (Lipinski definition) is 0. The minimum absolute atomic E-state index is 0.304. The van der Waals surface area contributed by atoms with Crippen LogP contribution in [0.15, 0.2) is 80.9 Å². The first-order chi connectivity index (χ1) is 14.6. The van der Waals surface area contributed by atoms with Gasteiger partial charge in [0.05, 0.1) is 5.69 Å². The Morgan fingerprint density at radius 1 is 0.967 bits per heavy atom. The van der Waals surface area contributed by atoms with Crippen molar-refractivity contribution in [1.82, 2.24) is 9.78 Å². The van der Waals surface area contributed by atoms with Crippen LogP contribution in [0.1, 0.15) is 22.0 Å². The lowest BCUT2D eigenvalue weighted by Crippen LogP contribution is -2.29. The molecule has 150 valence electrons. The number of hydrogen-bond acceptors (Lipinski definition) is 7. The summed E-state index contributed by atoms with van der Waals surface area (Å²) in [6, 6.07) is 15.7. The molecule has 0 aliphatic carbocycles. The molecule has 0 N–H and O–H groups in total. The quantitative estimate of drug-likeness (QED) is 0.320. The maximum Gasteiger partial charge on any atom is 0.328 e. The fraction of sp³-hybridized carbons (Fsp3) is 0.0909. The fourth-order valence-electron chi connectivity index (χ4n) is 2.87. The highest BCUT2D eigenvalue weighted by molar-refractivity contribution is 7.08. The van der Waals surface area contributed by atoms with Gasteiger partial charge in [0.15, 0.2) is 6.10 Å². The third-order valence-corrected chi connectivity index (χ3v) is 5.74. The molecular formula is C22H16N2O4S2. The van der Waals surface area contributed by atoms with E-state index < -0.39 is 24.2 Å². The maximum atomic E-state index is 12.8. The van der Waals surface area contributed by atoms with Crippen LogP contribution < -0.4 is 5.56 Å². The summed E-state index contributed by atoms with van der Waals surface area (Å²) in [5.41, 5.74) is 2.03. The lowest BCUT2D eigenvalue weighted by molar-refractivity contribution is -0.148. The second-order valence-corrected chi connectivity index (χ2v) is 7.94. The van der Waals surface area contributed by atoms with Gasteiger partial charge < -0.3 is 4.74 Å². The van der Waals surface area contributed by atoms with Crippen molar-refractivity contribution in [3.63, 3.8) is 0 Å². The van der Waals surface area contributed by atoms with E-state index in [0.717, 1.165) is 10.2 Å². The van der Waals surface area contributed by atoms with Crippen LogP contribution in [0.4, 0.5) is 0 Å². The van der Waals surface area contributed by atoms with Crippen LogP contribution in [-0.4, -0.2) is 21.5 Å². The van der Waals surface area contributed by atoms with Crippen molar-refractivity contribution in [2.75, 3.05) is 0 Å². The van der Waals surface area contributed by atoms with Crippen molar-refractivity contribution in [2.24, 2.45) is 0 Å². The molecule has 0 aliphatic heterocycles. The van der Waals surface area contributed by atoms with E-state index in [1.807, 2.05) is 35.7 Å². The molecule has 30 heavy (non-hydrogen) atoms. The Hall–Kier alpha value is -3.36. The van der Waals surface area contributed by atoms with Gasteiger partial charge >= 0.3 is 5.97 Å². The SMILES string of the molecule is O=C(Cn1nc(-c2ccccc2)ccc1=O)OC(C(=O)c1ccsc1)c1ccsc1. The largest absolute Gasteiger partial charge is 0.448 e. The summed E-state index contributed by atoms with van der Waals surface area (Å²) in [5.74, 6) is -1.02. The number of benzene rings is 1. The van der Waals surface area contributed by atoms with Gasteiger partial charge in [0.1, 0.15) is 6.54 Å². The van der Waals surface area contributed by atoms with Crippen molar-refractivity contribution in [3.8, 4) is 11.3 Å². The fourth-order valence-corrected chi connectivity index (χ4v) is 4.19. The number of aromatic nitrogens is 2. The van der Waals surface area contributed by atoms with Crippen LogP contribution in [0.25, 0.3) is 11.3 Å². The number of thiophene rings is 2. The van der Waals surface area contributed by atoms with E-state index in [-0.39, 0.29) is 5.78 Å². The van der Waals surface area contributed by atoms with Crippen molar-refractivity contribution >= 4 is 34.4 Å². The van der Waals surface area contributed by atoms with Crippen molar-refractivity contribution in [3.05, 3.63) is 97.6 Å². The Bertz CT molecular complexity index is 1200. The van der Waals surface area contributed by atoms with E-state index in [4.69, 9.17) is 4.74 Å². The molecule has 0 spiro atoms. The van der Waals surface area contributed by atoms with E-state index in [9.17, 15) is 14.4 Å². The third-order valence-electron chi connectivity index (χ3n) is 4.35. The molecule has 3 aromatic heterocycles. The maximum absolute atomic E-state index is 12.8. The van der Waals surface area contributed by atoms with Crippen LogP contribution in [0.3, 0.4) is 0 Å². The summed E-state index contributed by atoms with van der Waals surface area (Å²) in [6.07, 6.45) is -1.06. The molecule has 4 rings (SSSR count). The van der Waals surface area contributed by atoms with Crippen LogP contribution in [0.5, 0.6) is 0 Å². The summed E-state index contributed by atoms with van der Waals surface area (Å²) in [7, 11) is 0. The summed E-state index contributed by atoms with van der Waals surface area (Å²) in [6.45, 7) is -0.392. The van der Waals surface area contributed by atoms with Gasteiger partial charge in [-0.15, -0.1) is 0 Å². The van der Waals surface area contributed by atoms with Gasteiger partial charge in [-0.1, -0.05) is 30.3 Å². The van der Waals surface area contributed by atoms with Crippen LogP contribution in [-0.2, 0) is 16.1 Å². The number of nitrogens with zero attached hydrogens (tertiary/aromatic N) is 2. The summed E-state index contributed by atoms with van der Waals surface area (Å²) in [4.78, 5) is 37.7. The smallest absolute Gasteiger partial charge is 0.328 e. The molecular weight excluding hydrogens is 420 g/mol. The molecule has 0 radical (unpaired) electrons. The zero-order valence-electron chi connectivity index (χ0n) is 15.6. The molecule has 1 aromatic carbocycles. The van der Waals surface area contributed by atoms with Crippen LogP contribution in [0, 0.1) is 0 Å². The highest BCUT2D eigenvalue weighted by atomic mass is 32.1. The van der Waals surface area contributed by atoms with Gasteiger partial charge in [0, 0.05) is 28.1 Å². The molecule has 0 saturated heterocycles. The van der Waals surface area contributed by atoms with Gasteiger partial charge in [-0.3, -0.25) is 14.4 Å². The van der Waals surface area contributed by atoms with E-state index in [0.29, 0.717) is 16.8 Å². The summed E-state index contributed by atoms with van der Waals surface area (Å²) >= 11 is 2.80. The number of rotatable bonds is 7. The van der Waals surface area contributed by atoms with Gasteiger partial charge in [-0.25, -0.2) is 4.68 Å². The number of ketones is 1. The highest BCUT2D eigenvalue weighted by Gasteiger charge is 2.27. The highest BCUT2D eigenvalue weighted by Crippen LogP contribution is 2.26. The summed E-state index contributed by atoms with van der Waals surface area (Å²) < 4.78 is 6.55. The molecule has 0 amide bonds. The molecule has 4 aromatic rings. The molecule has 6 nitrogen and oxygen atoms in total. The lowest BCUT2D eigenvalue weighted by atomic mass is 10.0. The average molecular weight is 437 g/mol. The predicted molar refractivity (Wildman–Crippen MR) is 116 cm³/mol. The number of carbonyl (C=O) groups excluding carboxylic acids is 2. The third kappa shape index (κ3) is 4.45. The molecule has 0 bridgehead atoms. The predicted octanol–water partition coefficient (Wildman–Crippen LogP) is 4.20. The Morgan fingerprint density at radius 3 is 2.43 bits per heavy atom. The van der Waals surface area contributed by atoms with Crippen LogP contribution >= 0.6 is 22.7 Å². The number of Topliss-reactive ketones (excluding diaryl/α,β-unsaturated/α-hetero) is 1. The molecule has 1 atom stereocenters. The Kier molecular flexibility index (Phi) is 5.97. The van der Waals surface area contributed by atoms with Crippen molar-refractivity contribution in [1.29, 1.82) is 0 Å². The number of carbonyl (C=O) groups is 2. The Morgan fingerprint density at radius 2 is 1.73 bits per heavy atom. The summed E-state index contributed by atoms with van der Waals surface area (Å²) in [5, 5.41) is 11.4. The van der Waals surface area contributed by atoms with Crippen LogP contribution in [0.2, 0.25) is 0 Å². The minimum atomic E-state index is -1.06. The topological polar surface area (TPSA) is 78.3 Å². The molecule has 3 heterocycles. The van der Waals surface area contributed by atoms with Gasteiger partial charge in [-0.05, 0) is 34.3 Å². The molecule has 1 unspecified atom stereocenters. The monoisotopic (exact) mass is 436 g/mol. The Balaban J connectivity index is 1.56. The first-order valence-electron chi connectivity index (χ1n) is 9.03. The number of ether oxygens (including phenoxy) is 1. The lowest BCUT2D eigenvalue weighted by Gasteiger charge is -2.16. The molecule has 0 saturated carbocycles. The van der Waals surface area contributed by atoms with E-state index in [1.165, 1.54) is 28.7 Å². The molecule has 8 heteroatoms. The first kappa shape index (κ1) is 19.9. The zero-order valence-corrected chi connectivity index (χ0v) is 17.3. The normalized spacial score (nSPS) is 11.7. The zero-order chi connectivity index (χ0) is 20.9. The van der Waals surface area contributed by atoms with E-state index >= 15 is 0 Å². The number of esters is 1. The van der Waals surface area contributed by atoms with Gasteiger partial charge in [0.25, 0.3) is 5.56 Å². The van der Waals surface area contributed by atoms with Gasteiger partial charge in [0.2, 0.25) is 5.78 Å². The second kappa shape index (κ2) is 8.98. The molecule has 0 aliphatic rings. The van der Waals surface area contributed by atoms with Crippen molar-refractivity contribution < 1.29 is 14.3 Å². The van der Waals surface area contributed by atoms with Gasteiger partial charge in [-0.2, -0.15) is 27.8 Å². The van der Waals surface area contributed by atoms with Crippen molar-refractivity contribution in [2.45, 2.75) is 12.6 Å². The minimum Gasteiger partial charge on any atom is -0.448 e. The first-order valence-corrected chi connectivity index (χ1v) is 10.9.